The Hall–Kier alpha value is -1.47. The summed E-state index contributed by atoms with van der Waals surface area (Å²) in [4.78, 5) is 17.8. The van der Waals surface area contributed by atoms with Crippen LogP contribution in [-0.2, 0) is 21.2 Å². The Balaban J connectivity index is 1.88. The molecule has 1 aliphatic heterocycles. The summed E-state index contributed by atoms with van der Waals surface area (Å²) in [6, 6.07) is 5.26. The molecule has 110 valence electrons. The number of hydrogen-bond acceptors (Lipinski definition) is 5. The summed E-state index contributed by atoms with van der Waals surface area (Å²) in [7, 11) is -1.30. The molecule has 0 radical (unpaired) electrons. The fourth-order valence-electron chi connectivity index (χ4n) is 2.19. The number of aromatic nitrogens is 1. The van der Waals surface area contributed by atoms with Crippen molar-refractivity contribution >= 4 is 15.7 Å². The zero-order valence-electron chi connectivity index (χ0n) is 11.4. The molecule has 7 heteroatoms. The molecule has 1 aromatic rings. The molecule has 0 spiro atoms. The van der Waals surface area contributed by atoms with Crippen LogP contribution in [0.1, 0.15) is 12.1 Å². The van der Waals surface area contributed by atoms with Gasteiger partial charge in [-0.25, -0.2) is 8.42 Å². The molecule has 20 heavy (non-hydrogen) atoms. The number of carbonyl (C=O) groups is 1. The monoisotopic (exact) mass is 297 g/mol. The minimum absolute atomic E-state index is 0.0379. The summed E-state index contributed by atoms with van der Waals surface area (Å²) in [6.45, 7) is 0.851. The van der Waals surface area contributed by atoms with Gasteiger partial charge >= 0.3 is 0 Å². The van der Waals surface area contributed by atoms with E-state index in [0.29, 0.717) is 13.1 Å². The van der Waals surface area contributed by atoms with Crippen molar-refractivity contribution in [2.75, 3.05) is 25.1 Å². The van der Waals surface area contributed by atoms with Gasteiger partial charge in [0.05, 0.1) is 23.7 Å². The molecule has 1 aliphatic rings. The summed E-state index contributed by atoms with van der Waals surface area (Å²) >= 11 is 0. The number of carbonyl (C=O) groups excluding carboxylic acids is 1. The maximum atomic E-state index is 12.1. The molecule has 0 aliphatic carbocycles. The highest BCUT2D eigenvalue weighted by Gasteiger charge is 2.26. The first kappa shape index (κ1) is 14.9. The minimum Gasteiger partial charge on any atom is -0.340 e. The number of hydrogen-bond donors (Lipinski definition) is 1. The molecule has 1 saturated heterocycles. The quantitative estimate of drug-likeness (QED) is 0.834. The lowest BCUT2D eigenvalue weighted by molar-refractivity contribution is -0.130. The van der Waals surface area contributed by atoms with Crippen LogP contribution in [-0.4, -0.2) is 55.3 Å². The van der Waals surface area contributed by atoms with E-state index >= 15 is 0 Å². The maximum Gasteiger partial charge on any atom is 0.224 e. The number of amides is 1. The highest BCUT2D eigenvalue weighted by atomic mass is 32.2. The lowest BCUT2D eigenvalue weighted by Gasteiger charge is -2.25. The van der Waals surface area contributed by atoms with Crippen LogP contribution in [0.2, 0.25) is 0 Å². The van der Waals surface area contributed by atoms with E-state index in [9.17, 15) is 13.2 Å². The van der Waals surface area contributed by atoms with Crippen LogP contribution in [0.15, 0.2) is 24.4 Å². The molecular formula is C13H19N3O3S. The van der Waals surface area contributed by atoms with Gasteiger partial charge in [-0.2, -0.15) is 0 Å². The molecular weight excluding hydrogens is 278 g/mol. The van der Waals surface area contributed by atoms with Crippen molar-refractivity contribution in [3.63, 3.8) is 0 Å². The lowest BCUT2D eigenvalue weighted by Crippen LogP contribution is -2.47. The molecule has 1 fully saturated rings. The zero-order chi connectivity index (χ0) is 14.6. The Morgan fingerprint density at radius 1 is 1.50 bits per heavy atom. The second kappa shape index (κ2) is 6.32. The molecule has 1 unspecified atom stereocenters. The molecule has 1 aromatic heterocycles. The van der Waals surface area contributed by atoms with E-state index in [1.165, 1.54) is 0 Å². The Bertz CT molecular complexity index is 559. The smallest absolute Gasteiger partial charge is 0.224 e. The fourth-order valence-corrected chi connectivity index (χ4v) is 3.63. The van der Waals surface area contributed by atoms with Gasteiger partial charge < -0.3 is 10.2 Å². The maximum absolute atomic E-state index is 12.1. The average molecular weight is 297 g/mol. The van der Waals surface area contributed by atoms with Crippen LogP contribution in [0.3, 0.4) is 0 Å². The summed E-state index contributed by atoms with van der Waals surface area (Å²) in [5.74, 6) is 0.114. The summed E-state index contributed by atoms with van der Waals surface area (Å²) in [5, 5.41) is 3.08. The van der Waals surface area contributed by atoms with E-state index < -0.39 is 9.84 Å². The predicted molar refractivity (Wildman–Crippen MR) is 75.8 cm³/mol. The van der Waals surface area contributed by atoms with Gasteiger partial charge in [0, 0.05) is 32.3 Å². The van der Waals surface area contributed by atoms with Gasteiger partial charge in [0.25, 0.3) is 0 Å². The van der Waals surface area contributed by atoms with E-state index in [0.717, 1.165) is 5.69 Å². The first-order valence-corrected chi connectivity index (χ1v) is 8.36. The summed E-state index contributed by atoms with van der Waals surface area (Å²) < 4.78 is 23.1. The van der Waals surface area contributed by atoms with Crippen molar-refractivity contribution in [2.24, 2.45) is 0 Å². The minimum atomic E-state index is -3.01. The summed E-state index contributed by atoms with van der Waals surface area (Å²) in [6.07, 6.45) is 1.88. The number of nitrogens with one attached hydrogen (secondary N) is 1. The third-order valence-corrected chi connectivity index (χ3v) is 5.01. The van der Waals surface area contributed by atoms with Gasteiger partial charge in [0.15, 0.2) is 9.84 Å². The lowest BCUT2D eigenvalue weighted by atomic mass is 10.2. The Labute approximate surface area is 119 Å². The number of sulfone groups is 1. The molecule has 2 heterocycles. The van der Waals surface area contributed by atoms with Crippen molar-refractivity contribution in [1.29, 1.82) is 0 Å². The Kier molecular flexibility index (Phi) is 4.72. The summed E-state index contributed by atoms with van der Waals surface area (Å²) in [5.41, 5.74) is 0.813. The second-order valence-electron chi connectivity index (χ2n) is 5.04. The topological polar surface area (TPSA) is 79.4 Å². The van der Waals surface area contributed by atoms with Crippen molar-refractivity contribution in [3.05, 3.63) is 30.1 Å². The van der Waals surface area contributed by atoms with Crippen LogP contribution in [0.25, 0.3) is 0 Å². The van der Waals surface area contributed by atoms with Gasteiger partial charge in [-0.05, 0) is 12.1 Å². The van der Waals surface area contributed by atoms with Crippen LogP contribution in [0, 0.1) is 0 Å². The van der Waals surface area contributed by atoms with E-state index in [1.807, 2.05) is 18.2 Å². The van der Waals surface area contributed by atoms with Gasteiger partial charge in [-0.1, -0.05) is 6.07 Å². The van der Waals surface area contributed by atoms with E-state index in [4.69, 9.17) is 0 Å². The normalized spacial score (nSPS) is 21.4. The van der Waals surface area contributed by atoms with Gasteiger partial charge in [-0.15, -0.1) is 0 Å². The van der Waals surface area contributed by atoms with Crippen molar-refractivity contribution in [2.45, 2.75) is 19.0 Å². The van der Waals surface area contributed by atoms with Crippen molar-refractivity contribution in [3.8, 4) is 0 Å². The molecule has 1 amide bonds. The zero-order valence-corrected chi connectivity index (χ0v) is 12.3. The second-order valence-corrected chi connectivity index (χ2v) is 7.27. The largest absolute Gasteiger partial charge is 0.340 e. The van der Waals surface area contributed by atoms with Crippen LogP contribution < -0.4 is 5.32 Å². The van der Waals surface area contributed by atoms with E-state index in [1.54, 1.807) is 18.1 Å². The van der Waals surface area contributed by atoms with E-state index in [2.05, 4.69) is 10.3 Å². The molecule has 0 aromatic carbocycles. The third-order valence-electron chi connectivity index (χ3n) is 3.27. The Morgan fingerprint density at radius 3 is 2.95 bits per heavy atom. The predicted octanol–water partition coefficient (Wildman–Crippen LogP) is -0.183. The number of pyridine rings is 1. The molecule has 1 N–H and O–H groups in total. The van der Waals surface area contributed by atoms with Gasteiger partial charge in [0.1, 0.15) is 0 Å². The highest BCUT2D eigenvalue weighted by molar-refractivity contribution is 7.91. The van der Waals surface area contributed by atoms with Gasteiger partial charge in [-0.3, -0.25) is 9.78 Å². The van der Waals surface area contributed by atoms with Crippen LogP contribution >= 0.6 is 0 Å². The molecule has 0 saturated carbocycles. The third kappa shape index (κ3) is 4.28. The molecule has 1 atom stereocenters. The van der Waals surface area contributed by atoms with Crippen LogP contribution in [0.5, 0.6) is 0 Å². The standard InChI is InChI=1S/C13H19N3O3S/c1-16(9-11-4-2-3-5-14-11)13(17)8-12-10-20(18,19)7-6-15-12/h2-5,12,15H,6-10H2,1H3. The molecule has 0 bridgehead atoms. The van der Waals surface area contributed by atoms with Crippen molar-refractivity contribution < 1.29 is 13.2 Å². The fraction of sp³-hybridized carbons (Fsp3) is 0.538. The highest BCUT2D eigenvalue weighted by Crippen LogP contribution is 2.08. The average Bonchev–Trinajstić information content (AvgIpc) is 2.38. The number of nitrogens with zero attached hydrogens (tertiary/aromatic N) is 2. The number of rotatable bonds is 4. The first-order chi connectivity index (χ1) is 9.46. The van der Waals surface area contributed by atoms with Crippen LogP contribution in [0.4, 0.5) is 0 Å². The Morgan fingerprint density at radius 2 is 2.30 bits per heavy atom. The molecule has 6 nitrogen and oxygen atoms in total. The van der Waals surface area contributed by atoms with E-state index in [-0.39, 0.29) is 29.9 Å². The van der Waals surface area contributed by atoms with Gasteiger partial charge in [0.2, 0.25) is 5.91 Å². The first-order valence-electron chi connectivity index (χ1n) is 6.54. The molecule has 2 rings (SSSR count). The SMILES string of the molecule is CN(Cc1ccccn1)C(=O)CC1CS(=O)(=O)CCN1. The van der Waals surface area contributed by atoms with Crippen molar-refractivity contribution in [1.82, 2.24) is 15.2 Å².